The minimum absolute atomic E-state index is 0.0299. The van der Waals surface area contributed by atoms with Crippen LogP contribution in [0.1, 0.15) is 50.4 Å². The van der Waals surface area contributed by atoms with Crippen molar-refractivity contribution in [2.45, 2.75) is 64.7 Å². The largest absolute Gasteiger partial charge is 0.481 e. The average Bonchev–Trinajstić information content (AvgIpc) is 2.89. The summed E-state index contributed by atoms with van der Waals surface area (Å²) < 4.78 is 15.4. The Bertz CT molecular complexity index is 767. The summed E-state index contributed by atoms with van der Waals surface area (Å²) in [4.78, 5) is 10.6. The number of nitrogens with zero attached hydrogens (tertiary/aromatic N) is 1. The Morgan fingerprint density at radius 3 is 2.33 bits per heavy atom. The van der Waals surface area contributed by atoms with Gasteiger partial charge in [0.2, 0.25) is 0 Å². The molecular formula is C21H28FNO4. The lowest BCUT2D eigenvalue weighted by Gasteiger charge is -2.15. The average molecular weight is 377 g/mol. The molecule has 1 heterocycles. The molecule has 148 valence electrons. The lowest BCUT2D eigenvalue weighted by molar-refractivity contribution is -0.139. The maximum Gasteiger partial charge on any atom is 0.305 e. The summed E-state index contributed by atoms with van der Waals surface area (Å²) >= 11 is 0. The standard InChI is InChI=1S/C21H28FNO4/c1-13(2)23-12-20(15-4-6-16(22)7-5-15)19(14(23)3)9-8-17(24)10-18(25)11-21(26)27/h4-7,12-13,17-18,24-25H,8-11H2,1-3H3,(H,26,27)/t17-,18-/m1/s1. The molecule has 27 heavy (non-hydrogen) atoms. The van der Waals surface area contributed by atoms with Crippen molar-refractivity contribution in [3.8, 4) is 11.1 Å². The number of carboxylic acids is 1. The Kier molecular flexibility index (Phi) is 7.16. The molecule has 2 rings (SSSR count). The van der Waals surface area contributed by atoms with E-state index in [-0.39, 0.29) is 24.7 Å². The SMILES string of the molecule is Cc1c(CC[C@@H](O)C[C@@H](O)CC(=O)O)c(-c2ccc(F)cc2)cn1C(C)C. The van der Waals surface area contributed by atoms with Crippen LogP contribution in [0.5, 0.6) is 0 Å². The predicted octanol–water partition coefficient (Wildman–Crippen LogP) is 3.70. The molecule has 2 aromatic rings. The van der Waals surface area contributed by atoms with Crippen LogP contribution < -0.4 is 0 Å². The van der Waals surface area contributed by atoms with E-state index in [0.29, 0.717) is 12.8 Å². The molecule has 2 atom stereocenters. The van der Waals surface area contributed by atoms with Crippen LogP contribution in [0.2, 0.25) is 0 Å². The van der Waals surface area contributed by atoms with Crippen molar-refractivity contribution in [1.82, 2.24) is 4.57 Å². The van der Waals surface area contributed by atoms with Crippen LogP contribution >= 0.6 is 0 Å². The van der Waals surface area contributed by atoms with E-state index in [1.165, 1.54) is 12.1 Å². The van der Waals surface area contributed by atoms with Gasteiger partial charge in [-0.2, -0.15) is 0 Å². The third-order valence-corrected chi connectivity index (χ3v) is 4.81. The van der Waals surface area contributed by atoms with Crippen molar-refractivity contribution in [1.29, 1.82) is 0 Å². The maximum absolute atomic E-state index is 13.3. The van der Waals surface area contributed by atoms with Crippen LogP contribution in [0, 0.1) is 12.7 Å². The topological polar surface area (TPSA) is 82.7 Å². The molecule has 0 bridgehead atoms. The molecule has 1 aromatic heterocycles. The molecule has 0 aliphatic rings. The minimum atomic E-state index is -1.09. The van der Waals surface area contributed by atoms with E-state index in [1.54, 1.807) is 12.1 Å². The van der Waals surface area contributed by atoms with Gasteiger partial charge in [0, 0.05) is 23.5 Å². The van der Waals surface area contributed by atoms with Gasteiger partial charge in [-0.15, -0.1) is 0 Å². The fourth-order valence-electron chi connectivity index (χ4n) is 3.42. The minimum Gasteiger partial charge on any atom is -0.481 e. The highest BCUT2D eigenvalue weighted by atomic mass is 19.1. The molecular weight excluding hydrogens is 349 g/mol. The van der Waals surface area contributed by atoms with Crippen LogP contribution in [-0.2, 0) is 11.2 Å². The smallest absolute Gasteiger partial charge is 0.305 e. The van der Waals surface area contributed by atoms with E-state index in [2.05, 4.69) is 18.4 Å². The fraction of sp³-hybridized carbons (Fsp3) is 0.476. The number of benzene rings is 1. The van der Waals surface area contributed by atoms with Gasteiger partial charge in [-0.3, -0.25) is 4.79 Å². The second-order valence-corrected chi connectivity index (χ2v) is 7.29. The Hall–Kier alpha value is -2.18. The maximum atomic E-state index is 13.3. The van der Waals surface area contributed by atoms with Crippen molar-refractivity contribution >= 4 is 5.97 Å². The lowest BCUT2D eigenvalue weighted by Crippen LogP contribution is -2.21. The van der Waals surface area contributed by atoms with Crippen molar-refractivity contribution in [3.05, 3.63) is 47.5 Å². The van der Waals surface area contributed by atoms with Gasteiger partial charge in [0.25, 0.3) is 0 Å². The first-order valence-corrected chi connectivity index (χ1v) is 9.23. The van der Waals surface area contributed by atoms with E-state index in [4.69, 9.17) is 5.11 Å². The Morgan fingerprint density at radius 2 is 1.78 bits per heavy atom. The molecule has 0 aliphatic heterocycles. The van der Waals surface area contributed by atoms with Gasteiger partial charge >= 0.3 is 5.97 Å². The molecule has 0 saturated heterocycles. The van der Waals surface area contributed by atoms with Gasteiger partial charge in [-0.05, 0) is 63.3 Å². The Balaban J connectivity index is 2.19. The number of hydrogen-bond donors (Lipinski definition) is 3. The molecule has 0 amide bonds. The third kappa shape index (κ3) is 5.65. The van der Waals surface area contributed by atoms with Crippen LogP contribution in [0.15, 0.2) is 30.5 Å². The number of halogens is 1. The van der Waals surface area contributed by atoms with Gasteiger partial charge in [-0.25, -0.2) is 4.39 Å². The first-order chi connectivity index (χ1) is 12.7. The molecule has 0 fully saturated rings. The fourth-order valence-corrected chi connectivity index (χ4v) is 3.42. The molecule has 0 aliphatic carbocycles. The Labute approximate surface area is 159 Å². The molecule has 6 heteroatoms. The van der Waals surface area contributed by atoms with Crippen LogP contribution in [0.4, 0.5) is 4.39 Å². The summed E-state index contributed by atoms with van der Waals surface area (Å²) in [5.74, 6) is -1.37. The highest BCUT2D eigenvalue weighted by Crippen LogP contribution is 2.31. The zero-order valence-electron chi connectivity index (χ0n) is 16.0. The summed E-state index contributed by atoms with van der Waals surface area (Å²) in [6.45, 7) is 6.19. The summed E-state index contributed by atoms with van der Waals surface area (Å²) in [6, 6.07) is 6.60. The van der Waals surface area contributed by atoms with Crippen LogP contribution in [0.3, 0.4) is 0 Å². The van der Waals surface area contributed by atoms with E-state index in [0.717, 1.165) is 22.4 Å². The number of aliphatic hydroxyl groups excluding tert-OH is 2. The van der Waals surface area contributed by atoms with Crippen molar-refractivity contribution in [2.75, 3.05) is 0 Å². The van der Waals surface area contributed by atoms with Crippen molar-refractivity contribution in [2.24, 2.45) is 0 Å². The molecule has 0 unspecified atom stereocenters. The summed E-state index contributed by atoms with van der Waals surface area (Å²) in [6.07, 6.45) is 0.849. The quantitative estimate of drug-likeness (QED) is 0.622. The molecule has 3 N–H and O–H groups in total. The van der Waals surface area contributed by atoms with Gasteiger partial charge < -0.3 is 19.9 Å². The molecule has 1 aromatic carbocycles. The zero-order chi connectivity index (χ0) is 20.1. The number of aliphatic carboxylic acids is 1. The van der Waals surface area contributed by atoms with E-state index < -0.39 is 18.2 Å². The number of carbonyl (C=O) groups is 1. The van der Waals surface area contributed by atoms with Crippen molar-refractivity contribution < 1.29 is 24.5 Å². The van der Waals surface area contributed by atoms with E-state index in [9.17, 15) is 19.4 Å². The second-order valence-electron chi connectivity index (χ2n) is 7.29. The second kappa shape index (κ2) is 9.15. The number of aliphatic hydroxyl groups is 2. The highest BCUT2D eigenvalue weighted by molar-refractivity contribution is 5.68. The molecule has 0 radical (unpaired) electrons. The normalized spacial score (nSPS) is 13.7. The predicted molar refractivity (Wildman–Crippen MR) is 102 cm³/mol. The first kappa shape index (κ1) is 21.1. The summed E-state index contributed by atoms with van der Waals surface area (Å²) in [5.41, 5.74) is 4.07. The Morgan fingerprint density at radius 1 is 1.15 bits per heavy atom. The van der Waals surface area contributed by atoms with E-state index >= 15 is 0 Å². The summed E-state index contributed by atoms with van der Waals surface area (Å²) in [7, 11) is 0. The van der Waals surface area contributed by atoms with Crippen LogP contribution in [-0.4, -0.2) is 38.1 Å². The number of aromatic nitrogens is 1. The molecule has 5 nitrogen and oxygen atoms in total. The van der Waals surface area contributed by atoms with Gasteiger partial charge in [0.1, 0.15) is 5.82 Å². The van der Waals surface area contributed by atoms with Crippen molar-refractivity contribution in [3.63, 3.8) is 0 Å². The highest BCUT2D eigenvalue weighted by Gasteiger charge is 2.19. The number of carboxylic acid groups (broad SMARTS) is 1. The lowest BCUT2D eigenvalue weighted by atomic mass is 9.96. The molecule has 0 saturated carbocycles. The summed E-state index contributed by atoms with van der Waals surface area (Å²) in [5, 5.41) is 28.6. The molecule has 0 spiro atoms. The van der Waals surface area contributed by atoms with Gasteiger partial charge in [0.15, 0.2) is 0 Å². The number of rotatable bonds is 9. The monoisotopic (exact) mass is 377 g/mol. The first-order valence-electron chi connectivity index (χ1n) is 9.23. The van der Waals surface area contributed by atoms with Crippen LogP contribution in [0.25, 0.3) is 11.1 Å². The van der Waals surface area contributed by atoms with Gasteiger partial charge in [-0.1, -0.05) is 12.1 Å². The number of hydrogen-bond acceptors (Lipinski definition) is 3. The third-order valence-electron chi connectivity index (χ3n) is 4.81. The van der Waals surface area contributed by atoms with Gasteiger partial charge in [0.05, 0.1) is 18.6 Å². The zero-order valence-corrected chi connectivity index (χ0v) is 16.0. The van der Waals surface area contributed by atoms with E-state index in [1.807, 2.05) is 13.1 Å².